The van der Waals surface area contributed by atoms with Crippen molar-refractivity contribution >= 4 is 28.9 Å². The molecule has 6 nitrogen and oxygen atoms in total. The van der Waals surface area contributed by atoms with E-state index < -0.39 is 0 Å². The van der Waals surface area contributed by atoms with Crippen LogP contribution in [-0.2, 0) is 17.6 Å². The second-order valence-electron chi connectivity index (χ2n) is 7.35. The second-order valence-corrected chi connectivity index (χ2v) is 7.35. The van der Waals surface area contributed by atoms with Gasteiger partial charge < -0.3 is 14.8 Å². The van der Waals surface area contributed by atoms with Crippen LogP contribution in [0.4, 0.5) is 17.1 Å². The number of carbonyl (C=O) groups is 2. The first-order valence-corrected chi connectivity index (χ1v) is 10.1. The number of aryl methyl sites for hydroxylation is 2. The molecule has 0 aromatic heterocycles. The van der Waals surface area contributed by atoms with Crippen LogP contribution in [0.3, 0.4) is 0 Å². The third-order valence-electron chi connectivity index (χ3n) is 5.44. The van der Waals surface area contributed by atoms with Crippen LogP contribution in [-0.4, -0.2) is 26.0 Å². The maximum atomic E-state index is 12.8. The molecule has 0 bridgehead atoms. The van der Waals surface area contributed by atoms with Crippen molar-refractivity contribution in [3.8, 4) is 11.5 Å². The Kier molecular flexibility index (Phi) is 5.62. The van der Waals surface area contributed by atoms with Crippen LogP contribution < -0.4 is 19.7 Å². The number of hydrogen-bond acceptors (Lipinski definition) is 4. The number of anilines is 3. The number of amides is 2. The van der Waals surface area contributed by atoms with Gasteiger partial charge in [-0.3, -0.25) is 14.5 Å². The van der Waals surface area contributed by atoms with Crippen molar-refractivity contribution < 1.29 is 19.1 Å². The van der Waals surface area contributed by atoms with Crippen molar-refractivity contribution in [2.45, 2.75) is 19.8 Å². The average Bonchev–Trinajstić information content (AvgIpc) is 2.95. The van der Waals surface area contributed by atoms with Crippen LogP contribution in [0, 0.1) is 0 Å². The summed E-state index contributed by atoms with van der Waals surface area (Å²) in [6.45, 7) is 1.56. The first-order valence-electron chi connectivity index (χ1n) is 10.1. The molecule has 0 aliphatic carbocycles. The third kappa shape index (κ3) is 3.97. The smallest absolute Gasteiger partial charge is 0.255 e. The fourth-order valence-electron chi connectivity index (χ4n) is 3.92. The Balaban J connectivity index is 1.67. The summed E-state index contributed by atoms with van der Waals surface area (Å²) >= 11 is 0. The zero-order chi connectivity index (χ0) is 22.0. The first kappa shape index (κ1) is 20.5. The molecule has 3 aromatic rings. The minimum absolute atomic E-state index is 0.0704. The van der Waals surface area contributed by atoms with E-state index in [1.807, 2.05) is 36.4 Å². The van der Waals surface area contributed by atoms with Crippen molar-refractivity contribution in [3.63, 3.8) is 0 Å². The summed E-state index contributed by atoms with van der Waals surface area (Å²) in [6.07, 6.45) is 1.67. The monoisotopic (exact) mass is 416 g/mol. The van der Waals surface area contributed by atoms with E-state index in [4.69, 9.17) is 9.47 Å². The highest BCUT2D eigenvalue weighted by Gasteiger charge is 2.24. The minimum Gasteiger partial charge on any atom is -0.493 e. The van der Waals surface area contributed by atoms with Gasteiger partial charge >= 0.3 is 0 Å². The van der Waals surface area contributed by atoms with Crippen LogP contribution in [0.15, 0.2) is 60.7 Å². The molecule has 2 amide bonds. The molecular formula is C25H24N2O4. The maximum Gasteiger partial charge on any atom is 0.255 e. The van der Waals surface area contributed by atoms with E-state index >= 15 is 0 Å². The Labute approximate surface area is 181 Å². The molecule has 0 atom stereocenters. The van der Waals surface area contributed by atoms with Crippen molar-refractivity contribution in [1.29, 1.82) is 0 Å². The highest BCUT2D eigenvalue weighted by molar-refractivity contribution is 6.06. The molecule has 4 rings (SSSR count). The molecule has 31 heavy (non-hydrogen) atoms. The van der Waals surface area contributed by atoms with Gasteiger partial charge in [-0.1, -0.05) is 24.3 Å². The van der Waals surface area contributed by atoms with E-state index in [-0.39, 0.29) is 11.8 Å². The number of rotatable bonds is 4. The lowest BCUT2D eigenvalue weighted by Gasteiger charge is -2.24. The highest BCUT2D eigenvalue weighted by atomic mass is 16.5. The molecule has 1 heterocycles. The summed E-state index contributed by atoms with van der Waals surface area (Å²) in [6, 6.07) is 18.6. The van der Waals surface area contributed by atoms with Crippen LogP contribution in [0.5, 0.6) is 11.5 Å². The van der Waals surface area contributed by atoms with Crippen LogP contribution in [0.2, 0.25) is 0 Å². The van der Waals surface area contributed by atoms with Gasteiger partial charge in [0.25, 0.3) is 5.91 Å². The van der Waals surface area contributed by atoms with E-state index in [9.17, 15) is 9.59 Å². The Morgan fingerprint density at radius 2 is 1.55 bits per heavy atom. The van der Waals surface area contributed by atoms with Gasteiger partial charge in [-0.25, -0.2) is 0 Å². The van der Waals surface area contributed by atoms with E-state index in [1.54, 1.807) is 37.1 Å². The highest BCUT2D eigenvalue weighted by Crippen LogP contribution is 2.37. The minimum atomic E-state index is -0.274. The van der Waals surface area contributed by atoms with Crippen molar-refractivity contribution in [1.82, 2.24) is 0 Å². The quantitative estimate of drug-likeness (QED) is 0.667. The lowest BCUT2D eigenvalue weighted by atomic mass is 10.0. The number of nitrogens with one attached hydrogen (secondary N) is 1. The Morgan fingerprint density at radius 3 is 2.26 bits per heavy atom. The number of benzene rings is 3. The number of methoxy groups -OCH3 is 2. The van der Waals surface area contributed by atoms with Gasteiger partial charge in [-0.2, -0.15) is 0 Å². The number of carbonyl (C=O) groups excluding carboxylic acids is 2. The average molecular weight is 416 g/mol. The SMILES string of the molecule is COc1ccc(C(=O)Nc2ccc3c(c2)N(C(C)=O)c2ccccc2CC3)cc1OC. The molecule has 1 aliphatic heterocycles. The van der Waals surface area contributed by atoms with Gasteiger partial charge in [0.1, 0.15) is 0 Å². The van der Waals surface area contributed by atoms with Crippen LogP contribution in [0.25, 0.3) is 0 Å². The fraction of sp³-hybridized carbons (Fsp3) is 0.200. The second kappa shape index (κ2) is 8.52. The van der Waals surface area contributed by atoms with Crippen molar-refractivity contribution in [2.75, 3.05) is 24.4 Å². The lowest BCUT2D eigenvalue weighted by Crippen LogP contribution is -2.24. The van der Waals surface area contributed by atoms with Gasteiger partial charge in [0.05, 0.1) is 25.6 Å². The van der Waals surface area contributed by atoms with Gasteiger partial charge in [-0.05, 0) is 60.4 Å². The molecule has 0 saturated carbocycles. The number of nitrogens with zero attached hydrogens (tertiary/aromatic N) is 1. The first-order chi connectivity index (χ1) is 15.0. The molecule has 158 valence electrons. The molecule has 6 heteroatoms. The molecule has 0 saturated heterocycles. The fourth-order valence-corrected chi connectivity index (χ4v) is 3.92. The van der Waals surface area contributed by atoms with Gasteiger partial charge in [0.15, 0.2) is 11.5 Å². The maximum absolute atomic E-state index is 12.8. The predicted octanol–water partition coefficient (Wildman–Crippen LogP) is 4.74. The number of hydrogen-bond donors (Lipinski definition) is 1. The lowest BCUT2D eigenvalue weighted by molar-refractivity contribution is -0.115. The van der Waals surface area contributed by atoms with Crippen LogP contribution in [0.1, 0.15) is 28.4 Å². The van der Waals surface area contributed by atoms with Gasteiger partial charge in [0, 0.05) is 18.2 Å². The van der Waals surface area contributed by atoms with Crippen LogP contribution >= 0.6 is 0 Å². The third-order valence-corrected chi connectivity index (χ3v) is 5.44. The normalized spacial score (nSPS) is 12.3. The molecule has 0 unspecified atom stereocenters. The van der Waals surface area contributed by atoms with Crippen molar-refractivity contribution in [3.05, 3.63) is 77.4 Å². The van der Waals surface area contributed by atoms with E-state index in [1.165, 1.54) is 7.11 Å². The topological polar surface area (TPSA) is 67.9 Å². The zero-order valence-corrected chi connectivity index (χ0v) is 17.8. The van der Waals surface area contributed by atoms with E-state index in [0.29, 0.717) is 22.7 Å². The summed E-state index contributed by atoms with van der Waals surface area (Å²) in [5.41, 5.74) is 4.94. The molecule has 0 fully saturated rings. The summed E-state index contributed by atoms with van der Waals surface area (Å²) < 4.78 is 10.5. The molecular weight excluding hydrogens is 392 g/mol. The Hall–Kier alpha value is -3.80. The summed E-state index contributed by atoms with van der Waals surface area (Å²) in [4.78, 5) is 27.1. The largest absolute Gasteiger partial charge is 0.493 e. The summed E-state index contributed by atoms with van der Waals surface area (Å²) in [5.74, 6) is 0.694. The zero-order valence-electron chi connectivity index (χ0n) is 17.8. The van der Waals surface area contributed by atoms with E-state index in [2.05, 4.69) is 11.4 Å². The summed E-state index contributed by atoms with van der Waals surface area (Å²) in [5, 5.41) is 2.93. The molecule has 1 N–H and O–H groups in total. The molecule has 1 aliphatic rings. The van der Waals surface area contributed by atoms with E-state index in [0.717, 1.165) is 35.3 Å². The standard InChI is InChI=1S/C25H24N2O4/c1-16(28)27-21-7-5-4-6-17(21)8-9-18-10-12-20(15-22(18)27)26-25(29)19-11-13-23(30-2)24(14-19)31-3/h4-7,10-15H,8-9H2,1-3H3,(H,26,29). The number of ether oxygens (including phenoxy) is 2. The Morgan fingerprint density at radius 1 is 0.839 bits per heavy atom. The predicted molar refractivity (Wildman–Crippen MR) is 121 cm³/mol. The molecule has 0 spiro atoms. The van der Waals surface area contributed by atoms with Gasteiger partial charge in [-0.15, -0.1) is 0 Å². The Bertz CT molecular complexity index is 1160. The van der Waals surface area contributed by atoms with Gasteiger partial charge in [0.2, 0.25) is 5.91 Å². The summed E-state index contributed by atoms with van der Waals surface area (Å²) in [7, 11) is 3.08. The molecule has 3 aromatic carbocycles. The molecule has 0 radical (unpaired) electrons. The van der Waals surface area contributed by atoms with Crippen molar-refractivity contribution in [2.24, 2.45) is 0 Å². The number of para-hydroxylation sites is 1. The number of fused-ring (bicyclic) bond motifs is 2.